The van der Waals surface area contributed by atoms with Crippen molar-refractivity contribution in [2.75, 3.05) is 0 Å². The molecule has 0 radical (unpaired) electrons. The quantitative estimate of drug-likeness (QED) is 0.773. The van der Waals surface area contributed by atoms with Crippen molar-refractivity contribution in [3.8, 4) is 5.75 Å². The summed E-state index contributed by atoms with van der Waals surface area (Å²) in [5.41, 5.74) is 1.17. The zero-order valence-electron chi connectivity index (χ0n) is 9.12. The third-order valence-electron chi connectivity index (χ3n) is 2.89. The van der Waals surface area contributed by atoms with Gasteiger partial charge >= 0.3 is 0 Å². The molecule has 86 valence electrons. The molecule has 0 N–H and O–H groups in total. The Morgan fingerprint density at radius 3 is 2.81 bits per heavy atom. The lowest BCUT2D eigenvalue weighted by Gasteiger charge is -2.27. The molecule has 1 aromatic carbocycles. The number of carbonyl (C=O) groups excluding carboxylic acids is 1. The van der Waals surface area contributed by atoms with Gasteiger partial charge in [0, 0.05) is 6.42 Å². The molecule has 0 spiro atoms. The van der Waals surface area contributed by atoms with E-state index in [0.717, 1.165) is 22.9 Å². The average Bonchev–Trinajstić information content (AvgIpc) is 2.22. The second-order valence-electron chi connectivity index (χ2n) is 4.14. The van der Waals surface area contributed by atoms with Crippen molar-refractivity contribution < 1.29 is 9.53 Å². The van der Waals surface area contributed by atoms with Gasteiger partial charge in [-0.3, -0.25) is 0 Å². The molecular formula is C13H15BrO2. The average molecular weight is 283 g/mol. The van der Waals surface area contributed by atoms with Crippen LogP contribution in [0.1, 0.15) is 31.2 Å². The molecule has 0 heterocycles. The minimum atomic E-state index is 0.400. The zero-order valence-corrected chi connectivity index (χ0v) is 10.7. The van der Waals surface area contributed by atoms with Gasteiger partial charge in [0.25, 0.3) is 0 Å². The van der Waals surface area contributed by atoms with Crippen molar-refractivity contribution in [1.82, 2.24) is 0 Å². The first kappa shape index (κ1) is 11.6. The third-order valence-corrected chi connectivity index (χ3v) is 3.51. The molecule has 0 bridgehead atoms. The lowest BCUT2D eigenvalue weighted by Crippen LogP contribution is -2.24. The van der Waals surface area contributed by atoms with E-state index in [-0.39, 0.29) is 0 Å². The van der Waals surface area contributed by atoms with Gasteiger partial charge in [-0.15, -0.1) is 0 Å². The van der Waals surface area contributed by atoms with Gasteiger partial charge in [0.05, 0.1) is 10.6 Å². The van der Waals surface area contributed by atoms with Crippen molar-refractivity contribution in [3.05, 3.63) is 28.2 Å². The Labute approximate surface area is 104 Å². The summed E-state index contributed by atoms with van der Waals surface area (Å²) >= 11 is 3.51. The SMILES string of the molecule is O=CCCc1ccc(OC2CCC2)c(Br)c1. The highest BCUT2D eigenvalue weighted by Crippen LogP contribution is 2.31. The van der Waals surface area contributed by atoms with Crippen molar-refractivity contribution in [2.45, 2.75) is 38.2 Å². The van der Waals surface area contributed by atoms with Crippen molar-refractivity contribution in [1.29, 1.82) is 0 Å². The van der Waals surface area contributed by atoms with Gasteiger partial charge in [0.15, 0.2) is 0 Å². The molecule has 1 aliphatic rings. The van der Waals surface area contributed by atoms with E-state index in [1.54, 1.807) is 0 Å². The van der Waals surface area contributed by atoms with Gasteiger partial charge in [-0.2, -0.15) is 0 Å². The van der Waals surface area contributed by atoms with E-state index in [0.29, 0.717) is 12.5 Å². The number of aryl methyl sites for hydroxylation is 1. The standard InChI is InChI=1S/C13H15BrO2/c14-12-9-10(3-2-8-15)6-7-13(12)16-11-4-1-5-11/h6-9,11H,1-5H2. The topological polar surface area (TPSA) is 26.3 Å². The van der Waals surface area contributed by atoms with Gasteiger partial charge in [0.1, 0.15) is 12.0 Å². The lowest BCUT2D eigenvalue weighted by molar-refractivity contribution is -0.107. The molecule has 0 unspecified atom stereocenters. The van der Waals surface area contributed by atoms with E-state index in [1.165, 1.54) is 24.8 Å². The third kappa shape index (κ3) is 2.85. The van der Waals surface area contributed by atoms with Crippen LogP contribution in [0.15, 0.2) is 22.7 Å². The molecule has 0 saturated heterocycles. The van der Waals surface area contributed by atoms with Crippen LogP contribution >= 0.6 is 15.9 Å². The van der Waals surface area contributed by atoms with E-state index in [1.807, 2.05) is 18.2 Å². The number of ether oxygens (including phenoxy) is 1. The first-order valence-electron chi connectivity index (χ1n) is 5.68. The number of rotatable bonds is 5. The summed E-state index contributed by atoms with van der Waals surface area (Å²) in [7, 11) is 0. The van der Waals surface area contributed by atoms with Crippen LogP contribution in [0.5, 0.6) is 5.75 Å². The van der Waals surface area contributed by atoms with Crippen LogP contribution in [0.2, 0.25) is 0 Å². The van der Waals surface area contributed by atoms with Crippen molar-refractivity contribution in [3.63, 3.8) is 0 Å². The fourth-order valence-electron chi connectivity index (χ4n) is 1.69. The highest BCUT2D eigenvalue weighted by Gasteiger charge is 2.19. The number of carbonyl (C=O) groups is 1. The Morgan fingerprint density at radius 1 is 1.44 bits per heavy atom. The molecule has 1 aliphatic carbocycles. The Hall–Kier alpha value is -0.830. The number of aldehydes is 1. The molecule has 1 fully saturated rings. The van der Waals surface area contributed by atoms with Gasteiger partial charge in [-0.05, 0) is 59.3 Å². The summed E-state index contributed by atoms with van der Waals surface area (Å²) in [6.07, 6.45) is 6.34. The van der Waals surface area contributed by atoms with E-state index < -0.39 is 0 Å². The molecule has 3 heteroatoms. The summed E-state index contributed by atoms with van der Waals surface area (Å²) in [4.78, 5) is 10.3. The van der Waals surface area contributed by atoms with Gasteiger partial charge < -0.3 is 9.53 Å². The van der Waals surface area contributed by atoms with E-state index in [4.69, 9.17) is 4.74 Å². The summed E-state index contributed by atoms with van der Waals surface area (Å²) in [6.45, 7) is 0. The molecule has 0 aromatic heterocycles. The van der Waals surface area contributed by atoms with Crippen LogP contribution in [-0.4, -0.2) is 12.4 Å². The molecule has 0 atom stereocenters. The minimum absolute atomic E-state index is 0.400. The molecule has 1 aromatic rings. The summed E-state index contributed by atoms with van der Waals surface area (Å²) in [5.74, 6) is 0.916. The number of hydrogen-bond acceptors (Lipinski definition) is 2. The predicted octanol–water partition coefficient (Wildman–Crippen LogP) is 3.51. The Morgan fingerprint density at radius 2 is 2.25 bits per heavy atom. The summed E-state index contributed by atoms with van der Waals surface area (Å²) in [5, 5.41) is 0. The van der Waals surface area contributed by atoms with Gasteiger partial charge in [0.2, 0.25) is 0 Å². The molecule has 2 rings (SSSR count). The molecule has 2 nitrogen and oxygen atoms in total. The molecule has 1 saturated carbocycles. The first-order valence-corrected chi connectivity index (χ1v) is 6.47. The summed E-state index contributed by atoms with van der Waals surface area (Å²) in [6, 6.07) is 6.06. The van der Waals surface area contributed by atoms with Crippen molar-refractivity contribution in [2.24, 2.45) is 0 Å². The van der Waals surface area contributed by atoms with E-state index in [9.17, 15) is 4.79 Å². The van der Waals surface area contributed by atoms with Crippen LogP contribution in [-0.2, 0) is 11.2 Å². The van der Waals surface area contributed by atoms with E-state index in [2.05, 4.69) is 15.9 Å². The minimum Gasteiger partial charge on any atom is -0.489 e. The van der Waals surface area contributed by atoms with Crippen LogP contribution in [0, 0.1) is 0 Å². The van der Waals surface area contributed by atoms with Crippen LogP contribution in [0.25, 0.3) is 0 Å². The van der Waals surface area contributed by atoms with Gasteiger partial charge in [-0.25, -0.2) is 0 Å². The first-order chi connectivity index (χ1) is 7.79. The lowest BCUT2D eigenvalue weighted by atomic mass is 9.96. The monoisotopic (exact) mass is 282 g/mol. The Balaban J connectivity index is 2.00. The summed E-state index contributed by atoms with van der Waals surface area (Å²) < 4.78 is 6.81. The van der Waals surface area contributed by atoms with Crippen LogP contribution in [0.4, 0.5) is 0 Å². The fraction of sp³-hybridized carbons (Fsp3) is 0.462. The Kier molecular flexibility index (Phi) is 3.99. The van der Waals surface area contributed by atoms with E-state index >= 15 is 0 Å². The largest absolute Gasteiger partial charge is 0.489 e. The van der Waals surface area contributed by atoms with Crippen LogP contribution < -0.4 is 4.74 Å². The molecule has 0 aliphatic heterocycles. The second kappa shape index (κ2) is 5.48. The normalized spacial score (nSPS) is 15.6. The van der Waals surface area contributed by atoms with Crippen molar-refractivity contribution >= 4 is 22.2 Å². The fourth-order valence-corrected chi connectivity index (χ4v) is 2.21. The molecule has 16 heavy (non-hydrogen) atoms. The molecule has 0 amide bonds. The highest BCUT2D eigenvalue weighted by molar-refractivity contribution is 9.10. The number of halogens is 1. The maximum atomic E-state index is 10.3. The second-order valence-corrected chi connectivity index (χ2v) is 5.00. The maximum Gasteiger partial charge on any atom is 0.133 e. The number of hydrogen-bond donors (Lipinski definition) is 0. The predicted molar refractivity (Wildman–Crippen MR) is 66.8 cm³/mol. The zero-order chi connectivity index (χ0) is 11.4. The smallest absolute Gasteiger partial charge is 0.133 e. The Bertz CT molecular complexity index is 372. The number of benzene rings is 1. The highest BCUT2D eigenvalue weighted by atomic mass is 79.9. The van der Waals surface area contributed by atoms with Gasteiger partial charge in [-0.1, -0.05) is 6.07 Å². The van der Waals surface area contributed by atoms with Crippen LogP contribution in [0.3, 0.4) is 0 Å². The molecular weight excluding hydrogens is 268 g/mol. The maximum absolute atomic E-state index is 10.3.